The Hall–Kier alpha value is -3.02. The second-order valence-electron chi connectivity index (χ2n) is 4.50. The second kappa shape index (κ2) is 6.17. The number of hydrogen-bond donors (Lipinski definition) is 0. The van der Waals surface area contributed by atoms with Gasteiger partial charge in [-0.2, -0.15) is 0 Å². The third-order valence-corrected chi connectivity index (χ3v) is 3.14. The molecular formula is C16H12FN3O2. The van der Waals surface area contributed by atoms with Crippen LogP contribution in [-0.2, 0) is 0 Å². The minimum atomic E-state index is -0.886. The lowest BCUT2D eigenvalue weighted by Crippen LogP contribution is -2.16. The lowest BCUT2D eigenvalue weighted by atomic mass is 10.1. The average Bonchev–Trinajstić information content (AvgIpc) is 2.57. The zero-order chi connectivity index (χ0) is 15.4. The van der Waals surface area contributed by atoms with E-state index in [0.29, 0.717) is 11.4 Å². The Labute approximate surface area is 125 Å². The Morgan fingerprint density at radius 2 is 1.73 bits per heavy atom. The van der Waals surface area contributed by atoms with Crippen molar-refractivity contribution in [3.63, 3.8) is 0 Å². The molecule has 0 aliphatic heterocycles. The van der Waals surface area contributed by atoms with E-state index in [2.05, 4.69) is 9.97 Å². The van der Waals surface area contributed by atoms with Gasteiger partial charge in [0.05, 0.1) is 0 Å². The zero-order valence-corrected chi connectivity index (χ0v) is 11.5. The first-order valence-electron chi connectivity index (χ1n) is 6.55. The van der Waals surface area contributed by atoms with Crippen molar-refractivity contribution in [3.05, 3.63) is 71.7 Å². The van der Waals surface area contributed by atoms with Crippen LogP contribution in [-0.4, -0.2) is 21.4 Å². The molecule has 22 heavy (non-hydrogen) atoms. The van der Waals surface area contributed by atoms with Gasteiger partial charge in [-0.05, 0) is 30.3 Å². The molecule has 2 heterocycles. The lowest BCUT2D eigenvalue weighted by molar-refractivity contribution is 0.192. The molecule has 3 rings (SSSR count). The van der Waals surface area contributed by atoms with E-state index >= 15 is 0 Å². The van der Waals surface area contributed by atoms with Crippen LogP contribution < -0.4 is 10.3 Å². The number of hydrogen-bond acceptors (Lipinski definition) is 4. The Morgan fingerprint density at radius 1 is 1.00 bits per heavy atom. The van der Waals surface area contributed by atoms with Crippen LogP contribution in [0.3, 0.4) is 0 Å². The van der Waals surface area contributed by atoms with Crippen LogP contribution in [0.5, 0.6) is 5.75 Å². The van der Waals surface area contributed by atoms with Crippen molar-refractivity contribution in [1.82, 2.24) is 14.5 Å². The molecule has 1 aromatic carbocycles. The van der Waals surface area contributed by atoms with Crippen LogP contribution in [0.15, 0.2) is 66.1 Å². The Bertz CT molecular complexity index is 817. The van der Waals surface area contributed by atoms with Crippen molar-refractivity contribution >= 4 is 0 Å². The van der Waals surface area contributed by atoms with Gasteiger partial charge in [-0.25, -0.2) is 14.4 Å². The SMILES string of the molecule is O=c1ccc(-c2cncnc2)cn1-c1ccc(OCF)cc1. The third-order valence-electron chi connectivity index (χ3n) is 3.14. The van der Waals surface area contributed by atoms with E-state index in [0.717, 1.165) is 11.1 Å². The highest BCUT2D eigenvalue weighted by Gasteiger charge is 2.04. The molecule has 2 aromatic heterocycles. The molecule has 110 valence electrons. The van der Waals surface area contributed by atoms with E-state index in [1.165, 1.54) is 17.0 Å². The maximum Gasteiger partial charge on any atom is 0.255 e. The van der Waals surface area contributed by atoms with Gasteiger partial charge in [-0.3, -0.25) is 9.36 Å². The molecule has 3 aromatic rings. The molecule has 0 radical (unpaired) electrons. The van der Waals surface area contributed by atoms with Gasteiger partial charge in [-0.15, -0.1) is 0 Å². The van der Waals surface area contributed by atoms with Gasteiger partial charge in [0.1, 0.15) is 12.1 Å². The van der Waals surface area contributed by atoms with Gasteiger partial charge in [0.25, 0.3) is 5.56 Å². The second-order valence-corrected chi connectivity index (χ2v) is 4.50. The quantitative estimate of drug-likeness (QED) is 0.742. The van der Waals surface area contributed by atoms with Crippen molar-refractivity contribution in [2.75, 3.05) is 6.86 Å². The number of nitrogens with zero attached hydrogens (tertiary/aromatic N) is 3. The van der Waals surface area contributed by atoms with E-state index in [4.69, 9.17) is 4.74 Å². The maximum atomic E-state index is 12.1. The maximum absolute atomic E-state index is 12.1. The number of halogens is 1. The minimum absolute atomic E-state index is 0.167. The Morgan fingerprint density at radius 3 is 2.41 bits per heavy atom. The summed E-state index contributed by atoms with van der Waals surface area (Å²) in [5.41, 5.74) is 2.13. The molecule has 0 aliphatic rings. The highest BCUT2D eigenvalue weighted by atomic mass is 19.1. The van der Waals surface area contributed by atoms with Crippen molar-refractivity contribution in [3.8, 4) is 22.6 Å². The Kier molecular flexibility index (Phi) is 3.91. The molecule has 6 heteroatoms. The van der Waals surface area contributed by atoms with Crippen LogP contribution in [0.2, 0.25) is 0 Å². The lowest BCUT2D eigenvalue weighted by Gasteiger charge is -2.09. The molecule has 5 nitrogen and oxygen atoms in total. The largest absolute Gasteiger partial charge is 0.463 e. The van der Waals surface area contributed by atoms with E-state index < -0.39 is 6.86 Å². The highest BCUT2D eigenvalue weighted by Crippen LogP contribution is 2.18. The van der Waals surface area contributed by atoms with E-state index in [-0.39, 0.29) is 5.56 Å². The van der Waals surface area contributed by atoms with Crippen LogP contribution >= 0.6 is 0 Å². The normalized spacial score (nSPS) is 10.4. The van der Waals surface area contributed by atoms with E-state index in [9.17, 15) is 9.18 Å². The van der Waals surface area contributed by atoms with Gasteiger partial charge in [-0.1, -0.05) is 0 Å². The molecule has 0 N–H and O–H groups in total. The topological polar surface area (TPSA) is 57.0 Å². The van der Waals surface area contributed by atoms with Gasteiger partial charge in [0.15, 0.2) is 0 Å². The number of rotatable bonds is 4. The fraction of sp³-hybridized carbons (Fsp3) is 0.0625. The predicted octanol–water partition coefficient (Wildman–Crippen LogP) is 2.60. The molecule has 0 spiro atoms. The molecule has 0 bridgehead atoms. The smallest absolute Gasteiger partial charge is 0.255 e. The summed E-state index contributed by atoms with van der Waals surface area (Å²) in [6, 6.07) is 9.81. The summed E-state index contributed by atoms with van der Waals surface area (Å²) in [4.78, 5) is 20.0. The predicted molar refractivity (Wildman–Crippen MR) is 79.7 cm³/mol. The average molecular weight is 297 g/mol. The standard InChI is InChI=1S/C16H12FN3O2/c17-10-22-15-4-2-14(3-5-15)20-9-12(1-6-16(20)21)13-7-18-11-19-8-13/h1-9,11H,10H2. The molecule has 0 unspecified atom stereocenters. The number of alkyl halides is 1. The fourth-order valence-corrected chi connectivity index (χ4v) is 2.07. The number of ether oxygens (including phenoxy) is 1. The molecule has 0 atom stereocenters. The molecule has 0 amide bonds. The van der Waals surface area contributed by atoms with Crippen LogP contribution in [0.1, 0.15) is 0 Å². The number of aromatic nitrogens is 3. The summed E-state index contributed by atoms with van der Waals surface area (Å²) in [6.45, 7) is -0.886. The summed E-state index contributed by atoms with van der Waals surface area (Å²) in [5, 5.41) is 0. The van der Waals surface area contributed by atoms with Gasteiger partial charge >= 0.3 is 0 Å². The Balaban J connectivity index is 2.01. The van der Waals surface area contributed by atoms with Crippen molar-refractivity contribution in [1.29, 1.82) is 0 Å². The molecule has 0 fully saturated rings. The summed E-state index contributed by atoms with van der Waals surface area (Å²) < 4.78 is 18.4. The minimum Gasteiger partial charge on any atom is -0.463 e. The first kappa shape index (κ1) is 13.9. The summed E-state index contributed by atoms with van der Waals surface area (Å²) in [5.74, 6) is 0.409. The monoisotopic (exact) mass is 297 g/mol. The molecule has 0 saturated carbocycles. The van der Waals surface area contributed by atoms with E-state index in [1.54, 1.807) is 48.9 Å². The van der Waals surface area contributed by atoms with Gasteiger partial charge < -0.3 is 4.74 Å². The van der Waals surface area contributed by atoms with Crippen molar-refractivity contribution in [2.24, 2.45) is 0 Å². The highest BCUT2D eigenvalue weighted by molar-refractivity contribution is 5.60. The van der Waals surface area contributed by atoms with Gasteiger partial charge in [0, 0.05) is 41.5 Å². The molecular weight excluding hydrogens is 285 g/mol. The van der Waals surface area contributed by atoms with Crippen LogP contribution in [0.25, 0.3) is 16.8 Å². The fourth-order valence-electron chi connectivity index (χ4n) is 2.07. The van der Waals surface area contributed by atoms with Crippen LogP contribution in [0, 0.1) is 0 Å². The summed E-state index contributed by atoms with van der Waals surface area (Å²) in [7, 11) is 0. The molecule has 0 aliphatic carbocycles. The van der Waals surface area contributed by atoms with Crippen LogP contribution in [0.4, 0.5) is 4.39 Å². The number of benzene rings is 1. The van der Waals surface area contributed by atoms with Crippen molar-refractivity contribution < 1.29 is 9.13 Å². The number of pyridine rings is 1. The van der Waals surface area contributed by atoms with E-state index in [1.807, 2.05) is 0 Å². The summed E-state index contributed by atoms with van der Waals surface area (Å²) in [6.07, 6.45) is 6.51. The third kappa shape index (κ3) is 2.85. The summed E-state index contributed by atoms with van der Waals surface area (Å²) >= 11 is 0. The van der Waals surface area contributed by atoms with Crippen molar-refractivity contribution in [2.45, 2.75) is 0 Å². The first-order valence-corrected chi connectivity index (χ1v) is 6.55. The zero-order valence-electron chi connectivity index (χ0n) is 11.5. The molecule has 0 saturated heterocycles. The first-order chi connectivity index (χ1) is 10.8. The van der Waals surface area contributed by atoms with Gasteiger partial charge in [0.2, 0.25) is 6.86 Å².